The number of carbonyl (C=O) groups excluding carboxylic acids is 7. The number of primary amides is 6. The lowest BCUT2D eigenvalue weighted by atomic mass is 9.55. The largest absolute Gasteiger partial charge is 0.493 e. The van der Waals surface area contributed by atoms with Crippen molar-refractivity contribution >= 4 is 77.3 Å². The summed E-state index contributed by atoms with van der Waals surface area (Å²) < 4.78 is 43.0. The summed E-state index contributed by atoms with van der Waals surface area (Å²) in [5.74, 6) is -6.52. The van der Waals surface area contributed by atoms with Crippen LogP contribution in [0.3, 0.4) is 0 Å². The van der Waals surface area contributed by atoms with Gasteiger partial charge in [-0.2, -0.15) is 0 Å². The van der Waals surface area contributed by atoms with Crippen LogP contribution in [0.15, 0.2) is 67.8 Å². The second kappa shape index (κ2) is 26.5. The number of hydrogen-bond donors (Lipinski definition) is 11. The molecular weight excluding hydrogens is 1210 g/mol. The fourth-order valence-corrected chi connectivity index (χ4v) is 16.7. The van der Waals surface area contributed by atoms with Crippen LogP contribution >= 0.6 is 7.82 Å². The van der Waals surface area contributed by atoms with Gasteiger partial charge in [0.15, 0.2) is 17.7 Å². The molecule has 17 N–H and O–H groups in total. The van der Waals surface area contributed by atoms with Gasteiger partial charge in [-0.1, -0.05) is 34.6 Å². The second-order valence-electron chi connectivity index (χ2n) is 26.9. The number of fused-ring (bicyclic) bond motifs is 7. The highest BCUT2D eigenvalue weighted by atomic mass is 31.2. The van der Waals surface area contributed by atoms with Gasteiger partial charge in [0.25, 0.3) is 0 Å². The first-order valence-corrected chi connectivity index (χ1v) is 32.3. The van der Waals surface area contributed by atoms with Crippen molar-refractivity contribution in [3.05, 3.63) is 52.8 Å². The third-order valence-corrected chi connectivity index (χ3v) is 21.6. The summed E-state index contributed by atoms with van der Waals surface area (Å²) in [7, 11) is -2.21. The Kier molecular flexibility index (Phi) is 20.3. The van der Waals surface area contributed by atoms with Crippen LogP contribution in [0.4, 0.5) is 0 Å². The van der Waals surface area contributed by atoms with E-state index in [0.29, 0.717) is 67.9 Å². The number of allylic oxidation sites excluding steroid dienone is 6. The van der Waals surface area contributed by atoms with Crippen LogP contribution in [0, 0.1) is 45.3 Å². The molecule has 7 amide bonds. The quantitative estimate of drug-likeness (QED) is 0.0545. The molecule has 0 saturated carbocycles. The van der Waals surface area contributed by atoms with Crippen molar-refractivity contribution in [2.75, 3.05) is 27.4 Å². The summed E-state index contributed by atoms with van der Waals surface area (Å²) in [5.41, 5.74) is 35.0. The smallest absolute Gasteiger partial charge is 0.472 e. The van der Waals surface area contributed by atoms with Gasteiger partial charge in [-0.25, -0.2) is 9.55 Å². The molecule has 2 saturated heterocycles. The molecule has 7 heterocycles. The highest BCUT2D eigenvalue weighted by Gasteiger charge is 2.66. The summed E-state index contributed by atoms with van der Waals surface area (Å²) in [6.07, 6.45) is -4.74. The molecule has 8 bridgehead atoms. The predicted octanol–water partition coefficient (Wildman–Crippen LogP) is 2.56. The van der Waals surface area contributed by atoms with E-state index in [1.54, 1.807) is 12.1 Å². The van der Waals surface area contributed by atoms with Gasteiger partial charge in [0, 0.05) is 143 Å². The number of aliphatic hydroxyl groups excluding tert-OH is 2. The third kappa shape index (κ3) is 13.3. The number of nitrogens with two attached hydrogens (primary N) is 6. The fourth-order valence-electron chi connectivity index (χ4n) is 15.5. The number of imidazole rings is 1. The van der Waals surface area contributed by atoms with Gasteiger partial charge in [0.05, 0.1) is 55.9 Å². The topological polar surface area (TPSA) is 478 Å². The molecule has 15 atom stereocenters. The number of phosphoric acid groups is 1. The second-order valence-corrected chi connectivity index (χ2v) is 28.2. The van der Waals surface area contributed by atoms with Crippen molar-refractivity contribution in [2.45, 2.75) is 175 Å². The number of nitrogens with zero attached hydrogens (tertiary/aromatic N) is 5. The Hall–Kier alpha value is -7.40. The number of methoxy groups -OCH3 is 2. The number of benzene rings is 1. The van der Waals surface area contributed by atoms with Crippen LogP contribution in [0.1, 0.15) is 139 Å². The van der Waals surface area contributed by atoms with Gasteiger partial charge >= 0.3 is 7.82 Å². The maximum atomic E-state index is 14.4. The summed E-state index contributed by atoms with van der Waals surface area (Å²) in [6.45, 7) is 15.3. The van der Waals surface area contributed by atoms with Crippen LogP contribution in [0.2, 0.25) is 0 Å². The third-order valence-electron chi connectivity index (χ3n) is 20.5. The maximum Gasteiger partial charge on any atom is 0.472 e. The molecule has 8 rings (SSSR count). The Bertz CT molecular complexity index is 3580. The molecule has 1 aromatic carbocycles. The van der Waals surface area contributed by atoms with E-state index in [2.05, 4.69) is 15.6 Å². The van der Waals surface area contributed by atoms with E-state index in [1.807, 2.05) is 61.5 Å². The minimum absolute atomic E-state index is 0.0242. The van der Waals surface area contributed by atoms with Crippen LogP contribution in [0.25, 0.3) is 11.0 Å². The van der Waals surface area contributed by atoms with Crippen molar-refractivity contribution in [1.29, 1.82) is 0 Å². The zero-order chi connectivity index (χ0) is 68.1. The van der Waals surface area contributed by atoms with E-state index in [-0.39, 0.29) is 77.2 Å². The molecule has 504 valence electrons. The summed E-state index contributed by atoms with van der Waals surface area (Å²) in [4.78, 5) is 126. The summed E-state index contributed by atoms with van der Waals surface area (Å²) in [6, 6.07) is 2.17. The minimum Gasteiger partial charge on any atom is -0.493 e. The number of aliphatic hydroxyl groups is 2. The van der Waals surface area contributed by atoms with E-state index < -0.39 is 143 Å². The van der Waals surface area contributed by atoms with Crippen molar-refractivity contribution < 1.29 is 76.5 Å². The Morgan fingerprint density at radius 2 is 1.40 bits per heavy atom. The first-order valence-electron chi connectivity index (χ1n) is 30.8. The molecule has 2 unspecified atom stereocenters. The number of hydrogen-bond acceptors (Lipinski definition) is 20. The molecule has 29 nitrogen and oxygen atoms in total. The number of aromatic nitrogens is 2. The van der Waals surface area contributed by atoms with E-state index in [9.17, 15) is 53.2 Å². The van der Waals surface area contributed by atoms with Gasteiger partial charge in [-0.3, -0.25) is 57.6 Å². The number of rotatable bonds is 28. The van der Waals surface area contributed by atoms with E-state index in [1.165, 1.54) is 32.0 Å². The van der Waals surface area contributed by atoms with Crippen LogP contribution in [-0.4, -0.2) is 147 Å². The van der Waals surface area contributed by atoms with Crippen molar-refractivity contribution in [1.82, 2.24) is 20.2 Å². The normalized spacial score (nSPS) is 33.7. The molecule has 2 fully saturated rings. The zero-order valence-electron chi connectivity index (χ0n) is 54.1. The van der Waals surface area contributed by atoms with Crippen molar-refractivity contribution in [2.24, 2.45) is 94.7 Å². The summed E-state index contributed by atoms with van der Waals surface area (Å²) in [5, 5.41) is 28.3. The van der Waals surface area contributed by atoms with Gasteiger partial charge in [-0.15, -0.1) is 0 Å². The van der Waals surface area contributed by atoms with Crippen LogP contribution < -0.4 is 54.5 Å². The lowest BCUT2D eigenvalue weighted by Crippen LogP contribution is -2.56. The monoisotopic (exact) mass is 1300 g/mol. The molecule has 0 spiro atoms. The van der Waals surface area contributed by atoms with Gasteiger partial charge < -0.3 is 78.9 Å². The lowest BCUT2D eigenvalue weighted by Gasteiger charge is -2.48. The molecule has 6 aliphatic heterocycles. The molecule has 6 aliphatic rings. The number of ether oxygens (including phenoxy) is 3. The molecule has 2 aromatic rings. The zero-order valence-corrected chi connectivity index (χ0v) is 55.0. The average molecular weight is 1300 g/mol. The molecular formula is C62H90N13O16P. The van der Waals surface area contributed by atoms with E-state index in [0.717, 1.165) is 0 Å². The van der Waals surface area contributed by atoms with E-state index in [4.69, 9.17) is 72.6 Å². The molecule has 0 radical (unpaired) electrons. The Morgan fingerprint density at radius 1 is 0.804 bits per heavy atom. The van der Waals surface area contributed by atoms with Crippen molar-refractivity contribution in [3.8, 4) is 11.5 Å². The molecule has 1 aromatic heterocycles. The highest BCUT2D eigenvalue weighted by molar-refractivity contribution is 7.47. The van der Waals surface area contributed by atoms with Gasteiger partial charge in [0.1, 0.15) is 18.3 Å². The number of nitrogens with one attached hydrogen (secondary N) is 2. The molecule has 0 aliphatic carbocycles. The number of amides is 7. The number of carbonyl (C=O) groups is 7. The Morgan fingerprint density at radius 3 is 1.98 bits per heavy atom. The fraction of sp³-hybridized carbons (Fsp3) is 0.629. The molecule has 92 heavy (non-hydrogen) atoms. The average Bonchev–Trinajstić information content (AvgIpc) is 1.53. The van der Waals surface area contributed by atoms with Gasteiger partial charge in [0.2, 0.25) is 41.4 Å². The SMILES string of the molecule is COc1cc2ncn([C@H]3O[C@H](CO)[C@@H](OP(=O)(O)O[C@H](C)CNC(=O)CC[C@@]4(C)C5=NC([C@@H]4CC(N)=O)[C@]4(C)N=C(/C(C)=C6\N/C(=C\C7=NC(=C\5C)/[C@@H](CCC(N)=O)C7(C)C)[C@@H](CCC(N)=O)[C@]6(C)CC(N)=O)[C@@H](CCC(N)=O)[C@]4(C)CC(N)=O)[C@H]3O)c2cc1OC. The maximum absolute atomic E-state index is 14.4. The molecule has 30 heteroatoms. The number of aliphatic imine (C=N–C) groups is 3. The lowest BCUT2D eigenvalue weighted by molar-refractivity contribution is -0.124. The number of phosphoric ester groups is 1. The first-order chi connectivity index (χ1) is 42.9. The van der Waals surface area contributed by atoms with Crippen LogP contribution in [0.5, 0.6) is 11.5 Å². The standard InChI is InChI=1S/C62H90N13O16P/c1-29(90-92(85,86)91-53-41(27-76)89-57(52(53)84)75-28-70-37-21-39(87-10)40(88-11)23-38(37)75)26-69-49(83)18-19-59(6)35(20-46(66)80)56-62(9)61(8,25-48(68)82)34(14-17-45(65)79)51(74-62)31(3)55-60(7,24-47(67)81)32(12-15-43(63)77)36(71-55)22-42-58(4,5)33(13-16-44(64)78)50(72-42)30(2)54(59)73-56/h21-23,28-29,32-35,41,52-53,56-57,71,76,84H,12-20,24-27H2,1-11H3,(H2,63,77)(H2,64,78)(H2,65,79)(H2,66,80)(H2,67,81)(H2,68,82)(H,69,83)(H,85,86)/b36-22-,50-30-,55-31-/t29-,32-,33-,34-,35+,41-,52-,53-,56?,57+,59-,60+,61+,62+/m1/s1. The van der Waals surface area contributed by atoms with Gasteiger partial charge in [-0.05, 0) is 70.6 Å². The van der Waals surface area contributed by atoms with Crippen LogP contribution in [-0.2, 0) is 51.9 Å². The van der Waals surface area contributed by atoms with Crippen molar-refractivity contribution in [3.63, 3.8) is 0 Å². The first kappa shape index (κ1) is 70.5. The highest BCUT2D eigenvalue weighted by Crippen LogP contribution is 2.63. The Balaban J connectivity index is 1.18. The Labute approximate surface area is 533 Å². The summed E-state index contributed by atoms with van der Waals surface area (Å²) >= 11 is 0. The predicted molar refractivity (Wildman–Crippen MR) is 337 cm³/mol. The van der Waals surface area contributed by atoms with E-state index >= 15 is 0 Å². The minimum atomic E-state index is -5.11.